The normalized spacial score (nSPS) is 11.9. The average molecular weight is 485 g/mol. The van der Waals surface area contributed by atoms with Crippen molar-refractivity contribution in [2.75, 3.05) is 20.3 Å². The average Bonchev–Trinajstić information content (AvgIpc) is 2.87. The number of hydrogen-bond donors (Lipinski definition) is 1. The molecule has 0 aliphatic rings. The van der Waals surface area contributed by atoms with Gasteiger partial charge in [0.25, 0.3) is 0 Å². The van der Waals surface area contributed by atoms with E-state index >= 15 is 0 Å². The van der Waals surface area contributed by atoms with E-state index < -0.39 is 0 Å². The van der Waals surface area contributed by atoms with Crippen LogP contribution in [0.1, 0.15) is 44.2 Å². The van der Waals surface area contributed by atoms with Crippen molar-refractivity contribution in [2.45, 2.75) is 33.1 Å². The van der Waals surface area contributed by atoms with Crippen molar-refractivity contribution in [2.24, 2.45) is 5.92 Å². The molecule has 0 unspecified atom stereocenters. The van der Waals surface area contributed by atoms with E-state index in [1.807, 2.05) is 32.1 Å². The number of carbonyl (C=O) groups is 1. The zero-order valence-corrected chi connectivity index (χ0v) is 21.6. The summed E-state index contributed by atoms with van der Waals surface area (Å²) in [6, 6.07) is 7.38. The number of benzene rings is 1. The summed E-state index contributed by atoms with van der Waals surface area (Å²) < 4.78 is 10.7. The van der Waals surface area contributed by atoms with Crippen molar-refractivity contribution < 1.29 is 14.3 Å². The minimum absolute atomic E-state index is 0.111. The zero-order valence-electron chi connectivity index (χ0n) is 21.6. The number of hydrogen-bond acceptors (Lipinski definition) is 4. The molecule has 1 amide bonds. The molecule has 36 heavy (non-hydrogen) atoms. The standard InChI is InChI=1S/C31H36N2O3/c1-7-10-11-12-13-16-26(15-9-3)31(34)33-30(24(4)14-8-2)21-25(5)29-22-28(36-20-19-35-6)18-17-27(29)23-32/h7-8,12-14,17-18,21-22,26H,1,4-5,9,15-16,19-20H2,2-3,6H3,(H,33,34)/b13-12+,14-8-,30-21+/t26-/m0/s1. The number of allylic oxidation sites excluding steroid dienone is 7. The van der Waals surface area contributed by atoms with E-state index in [2.05, 4.69) is 43.0 Å². The zero-order chi connectivity index (χ0) is 26.8. The molecule has 188 valence electrons. The third-order valence-electron chi connectivity index (χ3n) is 5.12. The smallest absolute Gasteiger partial charge is 0.227 e. The number of nitriles is 1. The van der Waals surface area contributed by atoms with Crippen molar-refractivity contribution in [3.63, 3.8) is 0 Å². The van der Waals surface area contributed by atoms with Gasteiger partial charge in [-0.25, -0.2) is 0 Å². The summed E-state index contributed by atoms with van der Waals surface area (Å²) in [7, 11) is 1.60. The van der Waals surface area contributed by atoms with Crippen molar-refractivity contribution in [1.82, 2.24) is 5.32 Å². The quantitative estimate of drug-likeness (QED) is 0.192. The Labute approximate surface area is 216 Å². The van der Waals surface area contributed by atoms with E-state index in [4.69, 9.17) is 9.47 Å². The van der Waals surface area contributed by atoms with Crippen LogP contribution in [0.25, 0.3) is 5.57 Å². The van der Waals surface area contributed by atoms with Gasteiger partial charge >= 0.3 is 0 Å². The minimum Gasteiger partial charge on any atom is -0.491 e. The van der Waals surface area contributed by atoms with Gasteiger partial charge in [0.15, 0.2) is 0 Å². The first-order valence-electron chi connectivity index (χ1n) is 11.9. The molecular weight excluding hydrogens is 448 g/mol. The van der Waals surface area contributed by atoms with Crippen molar-refractivity contribution in [3.8, 4) is 23.7 Å². The van der Waals surface area contributed by atoms with Gasteiger partial charge < -0.3 is 14.8 Å². The van der Waals surface area contributed by atoms with E-state index in [-0.39, 0.29) is 11.8 Å². The summed E-state index contributed by atoms with van der Waals surface area (Å²) in [5.74, 6) is 5.88. The number of nitrogens with zero attached hydrogens (tertiary/aromatic N) is 1. The van der Waals surface area contributed by atoms with Crippen molar-refractivity contribution >= 4 is 11.5 Å². The highest BCUT2D eigenvalue weighted by atomic mass is 16.5. The Morgan fingerprint density at radius 1 is 1.25 bits per heavy atom. The van der Waals surface area contributed by atoms with E-state index in [1.165, 1.54) is 6.08 Å². The summed E-state index contributed by atoms with van der Waals surface area (Å²) in [6.07, 6.45) is 12.7. The van der Waals surface area contributed by atoms with Crippen LogP contribution in [-0.2, 0) is 9.53 Å². The van der Waals surface area contributed by atoms with Gasteiger partial charge in [-0.1, -0.05) is 63.2 Å². The van der Waals surface area contributed by atoms with Crippen LogP contribution in [0.3, 0.4) is 0 Å². The summed E-state index contributed by atoms with van der Waals surface area (Å²) in [5.41, 5.74) is 2.76. The molecule has 1 rings (SSSR count). The van der Waals surface area contributed by atoms with Crippen LogP contribution < -0.4 is 10.1 Å². The summed E-state index contributed by atoms with van der Waals surface area (Å²) in [5, 5.41) is 12.6. The lowest BCUT2D eigenvalue weighted by atomic mass is 9.96. The molecular formula is C31H36N2O3. The highest BCUT2D eigenvalue weighted by Crippen LogP contribution is 2.26. The molecule has 0 saturated carbocycles. The predicted octanol–water partition coefficient (Wildman–Crippen LogP) is 6.28. The van der Waals surface area contributed by atoms with Crippen LogP contribution in [-0.4, -0.2) is 26.2 Å². The first-order chi connectivity index (χ1) is 17.4. The van der Waals surface area contributed by atoms with Crippen LogP contribution in [0.15, 0.2) is 85.7 Å². The van der Waals surface area contributed by atoms with Gasteiger partial charge in [0.2, 0.25) is 5.91 Å². The van der Waals surface area contributed by atoms with E-state index in [0.29, 0.717) is 53.4 Å². The second-order valence-corrected chi connectivity index (χ2v) is 7.87. The fraction of sp³-hybridized carbons (Fsp3) is 0.290. The van der Waals surface area contributed by atoms with Gasteiger partial charge in [-0.05, 0) is 67.3 Å². The lowest BCUT2D eigenvalue weighted by Crippen LogP contribution is -2.30. The Morgan fingerprint density at radius 3 is 2.67 bits per heavy atom. The maximum Gasteiger partial charge on any atom is 0.227 e. The molecule has 0 radical (unpaired) electrons. The first-order valence-corrected chi connectivity index (χ1v) is 11.9. The SMILES string of the molecule is C=CC#C/C=C/C[C@H](CCC)C(=O)N/C(=C/C(=C)c1cc(OCCOC)ccc1C#N)C(=C)/C=C\C. The molecule has 5 heteroatoms. The second-order valence-electron chi connectivity index (χ2n) is 7.87. The fourth-order valence-corrected chi connectivity index (χ4v) is 3.31. The Bertz CT molecular complexity index is 1120. The molecule has 1 aromatic carbocycles. The Morgan fingerprint density at radius 2 is 2.03 bits per heavy atom. The van der Waals surface area contributed by atoms with E-state index in [9.17, 15) is 10.1 Å². The molecule has 0 aliphatic heterocycles. The lowest BCUT2D eigenvalue weighted by Gasteiger charge is -2.18. The lowest BCUT2D eigenvalue weighted by molar-refractivity contribution is -0.124. The Kier molecular flexibility index (Phi) is 14.5. The molecule has 1 N–H and O–H groups in total. The highest BCUT2D eigenvalue weighted by molar-refractivity contribution is 5.84. The Balaban J connectivity index is 3.26. The molecule has 0 saturated heterocycles. The van der Waals surface area contributed by atoms with Gasteiger partial charge in [0, 0.05) is 24.3 Å². The van der Waals surface area contributed by atoms with Gasteiger partial charge in [-0.3, -0.25) is 4.79 Å². The number of ether oxygens (including phenoxy) is 2. The topological polar surface area (TPSA) is 71.3 Å². The van der Waals surface area contributed by atoms with Crippen molar-refractivity contribution in [3.05, 3.63) is 96.8 Å². The maximum atomic E-state index is 13.2. The highest BCUT2D eigenvalue weighted by Gasteiger charge is 2.18. The predicted molar refractivity (Wildman–Crippen MR) is 148 cm³/mol. The first kappa shape index (κ1) is 30.0. The second kappa shape index (κ2) is 17.4. The molecule has 0 heterocycles. The van der Waals surface area contributed by atoms with Crippen LogP contribution in [0, 0.1) is 29.1 Å². The van der Waals surface area contributed by atoms with Crippen LogP contribution in [0.4, 0.5) is 0 Å². The number of methoxy groups -OCH3 is 1. The number of rotatable bonds is 14. The fourth-order valence-electron chi connectivity index (χ4n) is 3.31. The largest absolute Gasteiger partial charge is 0.491 e. The molecule has 0 bridgehead atoms. The monoisotopic (exact) mass is 484 g/mol. The molecule has 0 spiro atoms. The Hall–Kier alpha value is -4.06. The molecule has 1 aromatic rings. The molecule has 0 aromatic heterocycles. The van der Waals surface area contributed by atoms with Gasteiger partial charge in [0.1, 0.15) is 12.4 Å². The third kappa shape index (κ3) is 10.5. The number of carbonyl (C=O) groups excluding carboxylic acids is 1. The summed E-state index contributed by atoms with van der Waals surface area (Å²) in [6.45, 7) is 16.6. The number of nitrogens with one attached hydrogen (secondary N) is 1. The van der Waals surface area contributed by atoms with Crippen molar-refractivity contribution in [1.29, 1.82) is 5.26 Å². The van der Waals surface area contributed by atoms with E-state index in [0.717, 1.165) is 12.8 Å². The van der Waals surface area contributed by atoms with Crippen LogP contribution >= 0.6 is 0 Å². The molecule has 5 nitrogen and oxygen atoms in total. The van der Waals surface area contributed by atoms with Gasteiger partial charge in [-0.15, -0.1) is 0 Å². The van der Waals surface area contributed by atoms with Crippen LogP contribution in [0.5, 0.6) is 5.75 Å². The van der Waals surface area contributed by atoms with Gasteiger partial charge in [0.05, 0.1) is 18.2 Å². The summed E-state index contributed by atoms with van der Waals surface area (Å²) >= 11 is 0. The van der Waals surface area contributed by atoms with Crippen LogP contribution in [0.2, 0.25) is 0 Å². The maximum absolute atomic E-state index is 13.2. The molecule has 0 fully saturated rings. The third-order valence-corrected chi connectivity index (χ3v) is 5.12. The molecule has 1 atom stereocenters. The summed E-state index contributed by atoms with van der Waals surface area (Å²) in [4.78, 5) is 13.2. The minimum atomic E-state index is -0.223. The van der Waals surface area contributed by atoms with E-state index in [1.54, 1.807) is 37.5 Å². The molecule has 0 aliphatic carbocycles. The number of amides is 1. The van der Waals surface area contributed by atoms with Gasteiger partial charge in [-0.2, -0.15) is 5.26 Å².